The Bertz CT molecular complexity index is 561. The smallest absolute Gasteiger partial charge is 0.398 e. The highest BCUT2D eigenvalue weighted by atomic mass is 19.3. The van der Waals surface area contributed by atoms with Crippen molar-refractivity contribution in [2.45, 2.75) is 83.3 Å². The van der Waals surface area contributed by atoms with Gasteiger partial charge >= 0.3 is 7.12 Å². The molecule has 2 nitrogen and oxygen atoms in total. The Kier molecular flexibility index (Phi) is 2.91. The topological polar surface area (TPSA) is 18.5 Å². The van der Waals surface area contributed by atoms with E-state index in [4.69, 9.17) is 9.31 Å². The number of rotatable bonds is 1. The summed E-state index contributed by atoms with van der Waals surface area (Å²) in [6.45, 7) is 7.51. The molecular weight excluding hydrogens is 304 g/mol. The molecule has 23 heavy (non-hydrogen) atoms. The summed E-state index contributed by atoms with van der Waals surface area (Å²) in [5, 5.41) is 0. The van der Waals surface area contributed by atoms with E-state index in [0.717, 1.165) is 0 Å². The molecule has 0 aromatic carbocycles. The quantitative estimate of drug-likeness (QED) is 0.642. The average Bonchev–Trinajstić information content (AvgIpc) is 3.30. The predicted molar refractivity (Wildman–Crippen MR) is 81.7 cm³/mol. The highest BCUT2D eigenvalue weighted by Gasteiger charge is 2.94. The average molecular weight is 328 g/mol. The number of allylic oxidation sites excluding steroid dienone is 1. The number of halogens is 3. The van der Waals surface area contributed by atoms with Gasteiger partial charge in [0.15, 0.2) is 0 Å². The van der Waals surface area contributed by atoms with E-state index in [1.807, 2.05) is 27.7 Å². The first-order valence-electron chi connectivity index (χ1n) is 8.61. The molecule has 1 saturated heterocycles. The highest BCUT2D eigenvalue weighted by molar-refractivity contribution is 6.53. The van der Waals surface area contributed by atoms with Crippen molar-refractivity contribution in [2.75, 3.05) is 0 Å². The third-order valence-corrected chi connectivity index (χ3v) is 7.31. The van der Waals surface area contributed by atoms with Gasteiger partial charge in [-0.1, -0.05) is 0 Å². The lowest BCUT2D eigenvalue weighted by Gasteiger charge is -2.32. The molecule has 0 atom stereocenters. The van der Waals surface area contributed by atoms with Gasteiger partial charge in [0.05, 0.1) is 11.2 Å². The van der Waals surface area contributed by atoms with Crippen LogP contribution in [0.3, 0.4) is 0 Å². The molecule has 1 heterocycles. The second-order valence-electron chi connectivity index (χ2n) is 8.78. The van der Waals surface area contributed by atoms with E-state index in [2.05, 4.69) is 0 Å². The Morgan fingerprint density at radius 3 is 1.70 bits per heavy atom. The minimum Gasteiger partial charge on any atom is -0.398 e. The zero-order valence-corrected chi connectivity index (χ0v) is 14.3. The van der Waals surface area contributed by atoms with E-state index in [-0.39, 0.29) is 0 Å². The summed E-state index contributed by atoms with van der Waals surface area (Å²) in [5.74, 6) is -2.54. The van der Waals surface area contributed by atoms with Gasteiger partial charge in [-0.05, 0) is 71.8 Å². The monoisotopic (exact) mass is 328 g/mol. The summed E-state index contributed by atoms with van der Waals surface area (Å²) in [6, 6.07) is 0. The molecule has 3 saturated carbocycles. The van der Waals surface area contributed by atoms with E-state index in [1.165, 1.54) is 0 Å². The van der Waals surface area contributed by atoms with Gasteiger partial charge in [0.25, 0.3) is 5.92 Å². The van der Waals surface area contributed by atoms with Crippen molar-refractivity contribution in [1.29, 1.82) is 0 Å². The molecule has 4 fully saturated rings. The van der Waals surface area contributed by atoms with Crippen LogP contribution in [-0.2, 0) is 9.31 Å². The largest absolute Gasteiger partial charge is 0.525 e. The number of alkyl halides is 2. The molecule has 6 heteroatoms. The SMILES string of the molecule is CC1(C)OB(C(F)=C2CCC3(CC2)C(F)(F)C32CC2)OC1(C)C. The van der Waals surface area contributed by atoms with E-state index in [9.17, 15) is 13.2 Å². The number of hydrogen-bond acceptors (Lipinski definition) is 2. The Hall–Kier alpha value is -0.485. The maximum atomic E-state index is 14.8. The molecular formula is C17H24BF3O2. The summed E-state index contributed by atoms with van der Waals surface area (Å²) in [5.41, 5.74) is -2.55. The van der Waals surface area contributed by atoms with Crippen molar-refractivity contribution >= 4 is 7.12 Å². The molecule has 0 radical (unpaired) electrons. The maximum Gasteiger partial charge on any atom is 0.525 e. The van der Waals surface area contributed by atoms with Gasteiger partial charge in [0.2, 0.25) is 0 Å². The number of fused-ring (bicyclic) bond motifs is 1. The first-order chi connectivity index (χ1) is 10.5. The molecule has 0 bridgehead atoms. The van der Waals surface area contributed by atoms with Crippen LogP contribution in [0.2, 0.25) is 0 Å². The van der Waals surface area contributed by atoms with Crippen molar-refractivity contribution in [2.24, 2.45) is 10.8 Å². The Labute approximate surface area is 135 Å². The van der Waals surface area contributed by atoms with Crippen LogP contribution in [0.4, 0.5) is 13.2 Å². The summed E-state index contributed by atoms with van der Waals surface area (Å²) in [4.78, 5) is 0. The van der Waals surface area contributed by atoms with Crippen molar-refractivity contribution < 1.29 is 22.5 Å². The zero-order valence-electron chi connectivity index (χ0n) is 14.3. The van der Waals surface area contributed by atoms with Gasteiger partial charge in [0, 0.05) is 10.8 Å². The van der Waals surface area contributed by atoms with Crippen molar-refractivity contribution in [3.05, 3.63) is 11.3 Å². The van der Waals surface area contributed by atoms with Crippen molar-refractivity contribution in [3.63, 3.8) is 0 Å². The molecule has 0 unspecified atom stereocenters. The van der Waals surface area contributed by atoms with Gasteiger partial charge in [0.1, 0.15) is 5.73 Å². The summed E-state index contributed by atoms with van der Waals surface area (Å²) in [7, 11) is -1.00. The third kappa shape index (κ3) is 1.75. The Balaban J connectivity index is 1.49. The standard InChI is InChI=1S/C17H24BF3O2/c1-13(2)14(3,4)23-18(22-13)12(19)11-5-7-15(8-6-11)16(9-10-16)17(15,20)21/h5-10H2,1-4H3. The lowest BCUT2D eigenvalue weighted by atomic mass is 9.75. The Morgan fingerprint density at radius 1 is 0.870 bits per heavy atom. The predicted octanol–water partition coefficient (Wildman–Crippen LogP) is 4.83. The Morgan fingerprint density at radius 2 is 1.30 bits per heavy atom. The second kappa shape index (κ2) is 4.19. The van der Waals surface area contributed by atoms with Crippen molar-refractivity contribution in [3.8, 4) is 0 Å². The number of hydrogen-bond donors (Lipinski definition) is 0. The third-order valence-electron chi connectivity index (χ3n) is 7.31. The van der Waals surface area contributed by atoms with Crippen LogP contribution in [0.1, 0.15) is 66.2 Å². The van der Waals surface area contributed by atoms with Crippen LogP contribution in [0.5, 0.6) is 0 Å². The van der Waals surface area contributed by atoms with Crippen LogP contribution in [0.15, 0.2) is 11.3 Å². The molecule has 0 aromatic heterocycles. The van der Waals surface area contributed by atoms with E-state index in [1.54, 1.807) is 0 Å². The van der Waals surface area contributed by atoms with Crippen LogP contribution in [0, 0.1) is 10.8 Å². The second-order valence-corrected chi connectivity index (χ2v) is 8.78. The minimum absolute atomic E-state index is 0.391. The first kappa shape index (κ1) is 16.0. The van der Waals surface area contributed by atoms with E-state index >= 15 is 0 Å². The highest BCUT2D eigenvalue weighted by Crippen LogP contribution is 2.90. The normalized spacial score (nSPS) is 38.2. The first-order valence-corrected chi connectivity index (χ1v) is 8.61. The fraction of sp³-hybridized carbons (Fsp3) is 0.882. The molecule has 0 amide bonds. The van der Waals surface area contributed by atoms with Gasteiger partial charge in [-0.2, -0.15) is 0 Å². The summed E-state index contributed by atoms with van der Waals surface area (Å²) >= 11 is 0. The lowest BCUT2D eigenvalue weighted by molar-refractivity contribution is 0.00578. The molecule has 128 valence electrons. The van der Waals surface area contributed by atoms with Gasteiger partial charge < -0.3 is 9.31 Å². The van der Waals surface area contributed by atoms with Crippen LogP contribution in [-0.4, -0.2) is 24.2 Å². The fourth-order valence-electron chi connectivity index (χ4n) is 4.78. The zero-order chi connectivity index (χ0) is 16.9. The van der Waals surface area contributed by atoms with Crippen LogP contribution < -0.4 is 0 Å². The van der Waals surface area contributed by atoms with Crippen LogP contribution in [0.25, 0.3) is 0 Å². The molecule has 2 spiro atoms. The van der Waals surface area contributed by atoms with Gasteiger partial charge in [-0.15, -0.1) is 0 Å². The molecule has 3 aliphatic carbocycles. The summed E-state index contributed by atoms with van der Waals surface area (Å²) < 4.78 is 54.6. The van der Waals surface area contributed by atoms with Gasteiger partial charge in [-0.3, -0.25) is 0 Å². The molecule has 1 aliphatic heterocycles. The van der Waals surface area contributed by atoms with Crippen molar-refractivity contribution in [1.82, 2.24) is 0 Å². The van der Waals surface area contributed by atoms with E-state index < -0.39 is 40.8 Å². The van der Waals surface area contributed by atoms with E-state index in [0.29, 0.717) is 44.1 Å². The molecule has 0 aromatic rings. The molecule has 4 aliphatic rings. The lowest BCUT2D eigenvalue weighted by Crippen LogP contribution is -2.41. The molecule has 0 N–H and O–H groups in total. The van der Waals surface area contributed by atoms with Gasteiger partial charge in [-0.25, -0.2) is 13.2 Å². The fourth-order valence-corrected chi connectivity index (χ4v) is 4.78. The maximum absolute atomic E-state index is 14.8. The minimum atomic E-state index is -2.54. The molecule has 4 rings (SSSR count). The summed E-state index contributed by atoms with van der Waals surface area (Å²) in [6.07, 6.45) is 2.85. The van der Waals surface area contributed by atoms with Crippen LogP contribution >= 0.6 is 0 Å².